The number of carbonyl (C=O) groups excluding carboxylic acids is 2. The zero-order valence-corrected chi connectivity index (χ0v) is 13.5. The van der Waals surface area contributed by atoms with E-state index in [2.05, 4.69) is 5.32 Å². The average Bonchev–Trinajstić information content (AvgIpc) is 2.53. The number of carbonyl (C=O) groups is 2. The maximum atomic E-state index is 13.7. The summed E-state index contributed by atoms with van der Waals surface area (Å²) in [5, 5.41) is 2.59. The normalized spacial score (nSPS) is 19.1. The summed E-state index contributed by atoms with van der Waals surface area (Å²) in [6, 6.07) is 3.92. The Morgan fingerprint density at radius 2 is 2.22 bits per heavy atom. The lowest BCUT2D eigenvalue weighted by Crippen LogP contribution is -2.50. The maximum Gasteiger partial charge on any atom is 0.312 e. The average molecular weight is 324 g/mol. The Hall–Kier alpha value is -2.15. The van der Waals surface area contributed by atoms with Crippen LogP contribution in [0.4, 0.5) is 4.39 Å². The summed E-state index contributed by atoms with van der Waals surface area (Å²) in [5.41, 5.74) is 0.555. The molecule has 0 saturated carbocycles. The van der Waals surface area contributed by atoms with Crippen LogP contribution in [0.1, 0.15) is 25.5 Å². The first kappa shape index (κ1) is 17.2. The van der Waals surface area contributed by atoms with Crippen LogP contribution in [-0.4, -0.2) is 49.6 Å². The zero-order chi connectivity index (χ0) is 17.0. The molecule has 0 aliphatic carbocycles. The first-order valence-corrected chi connectivity index (χ1v) is 7.47. The van der Waals surface area contributed by atoms with Gasteiger partial charge in [-0.25, -0.2) is 4.39 Å². The number of benzene rings is 1. The van der Waals surface area contributed by atoms with Gasteiger partial charge in [-0.05, 0) is 31.5 Å². The monoisotopic (exact) mass is 324 g/mol. The molecule has 1 aliphatic heterocycles. The van der Waals surface area contributed by atoms with Gasteiger partial charge >= 0.3 is 11.8 Å². The van der Waals surface area contributed by atoms with Gasteiger partial charge in [0.25, 0.3) is 0 Å². The molecule has 0 aromatic heterocycles. The molecule has 1 heterocycles. The number of hydrogen-bond donors (Lipinski definition) is 1. The molecule has 0 spiro atoms. The molecule has 2 rings (SSSR count). The highest BCUT2D eigenvalue weighted by Crippen LogP contribution is 2.21. The van der Waals surface area contributed by atoms with Crippen molar-refractivity contribution in [2.75, 3.05) is 26.8 Å². The standard InChI is InChI=1S/C16H21FN2O4/c1-10-9-19(6-7-23-10)16(21)15(20)18-11(2)12-4-5-14(22-3)13(17)8-12/h4-5,8,10-11H,6-7,9H2,1-3H3,(H,18,20)/t10-,11-/m0/s1. The Morgan fingerprint density at radius 1 is 1.48 bits per heavy atom. The van der Waals surface area contributed by atoms with E-state index in [0.29, 0.717) is 25.3 Å². The third-order valence-electron chi connectivity index (χ3n) is 3.75. The third kappa shape index (κ3) is 4.19. The minimum absolute atomic E-state index is 0.0893. The van der Waals surface area contributed by atoms with E-state index in [1.54, 1.807) is 13.0 Å². The second kappa shape index (κ2) is 7.41. The SMILES string of the molecule is COc1ccc([C@H](C)NC(=O)C(=O)N2CCO[C@@H](C)C2)cc1F. The summed E-state index contributed by atoms with van der Waals surface area (Å²) in [7, 11) is 1.38. The molecular weight excluding hydrogens is 303 g/mol. The Bertz CT molecular complexity index is 593. The van der Waals surface area contributed by atoms with Gasteiger partial charge in [-0.15, -0.1) is 0 Å². The van der Waals surface area contributed by atoms with Crippen molar-refractivity contribution < 1.29 is 23.5 Å². The number of nitrogens with zero attached hydrogens (tertiary/aromatic N) is 1. The number of halogens is 1. The fraction of sp³-hybridized carbons (Fsp3) is 0.500. The molecule has 6 nitrogen and oxygen atoms in total. The van der Waals surface area contributed by atoms with Crippen LogP contribution >= 0.6 is 0 Å². The fourth-order valence-corrected chi connectivity index (χ4v) is 2.44. The van der Waals surface area contributed by atoms with Gasteiger partial charge in [-0.1, -0.05) is 6.07 Å². The molecule has 1 fully saturated rings. The van der Waals surface area contributed by atoms with E-state index >= 15 is 0 Å². The van der Waals surface area contributed by atoms with E-state index in [1.165, 1.54) is 24.1 Å². The molecule has 23 heavy (non-hydrogen) atoms. The quantitative estimate of drug-likeness (QED) is 0.850. The minimum atomic E-state index is -0.706. The van der Waals surface area contributed by atoms with Crippen molar-refractivity contribution in [3.05, 3.63) is 29.6 Å². The van der Waals surface area contributed by atoms with Gasteiger partial charge in [0.05, 0.1) is 25.9 Å². The molecule has 126 valence electrons. The molecule has 1 saturated heterocycles. The summed E-state index contributed by atoms with van der Waals surface area (Å²) in [6.07, 6.45) is -0.0893. The van der Waals surface area contributed by atoms with Crippen LogP contribution in [0.5, 0.6) is 5.75 Å². The Morgan fingerprint density at radius 3 is 2.83 bits per heavy atom. The predicted molar refractivity (Wildman–Crippen MR) is 81.5 cm³/mol. The molecule has 1 aromatic carbocycles. The van der Waals surface area contributed by atoms with Gasteiger partial charge in [0.15, 0.2) is 11.6 Å². The van der Waals surface area contributed by atoms with Crippen LogP contribution in [-0.2, 0) is 14.3 Å². The topological polar surface area (TPSA) is 67.9 Å². The lowest BCUT2D eigenvalue weighted by molar-refractivity contribution is -0.150. The van der Waals surface area contributed by atoms with Crippen molar-refractivity contribution in [1.82, 2.24) is 10.2 Å². The highest BCUT2D eigenvalue weighted by molar-refractivity contribution is 6.35. The molecule has 2 amide bonds. The molecule has 0 unspecified atom stereocenters. The van der Waals surface area contributed by atoms with Gasteiger partial charge in [-0.3, -0.25) is 9.59 Å². The first-order valence-electron chi connectivity index (χ1n) is 7.47. The second-order valence-corrected chi connectivity index (χ2v) is 5.52. The lowest BCUT2D eigenvalue weighted by Gasteiger charge is -2.30. The van der Waals surface area contributed by atoms with Gasteiger partial charge in [0, 0.05) is 13.1 Å². The van der Waals surface area contributed by atoms with Crippen molar-refractivity contribution >= 4 is 11.8 Å². The molecule has 0 radical (unpaired) electrons. The Balaban J connectivity index is 1.98. The number of methoxy groups -OCH3 is 1. The molecule has 1 N–H and O–H groups in total. The number of hydrogen-bond acceptors (Lipinski definition) is 4. The molecular formula is C16H21FN2O4. The van der Waals surface area contributed by atoms with Crippen LogP contribution in [0.25, 0.3) is 0 Å². The van der Waals surface area contributed by atoms with E-state index in [1.807, 2.05) is 6.92 Å². The van der Waals surface area contributed by atoms with Crippen molar-refractivity contribution in [1.29, 1.82) is 0 Å². The Labute approximate surface area is 134 Å². The molecule has 1 aromatic rings. The maximum absolute atomic E-state index is 13.7. The van der Waals surface area contributed by atoms with Crippen LogP contribution in [0.3, 0.4) is 0 Å². The lowest BCUT2D eigenvalue weighted by atomic mass is 10.1. The van der Waals surface area contributed by atoms with Crippen molar-refractivity contribution in [2.45, 2.75) is 26.0 Å². The number of rotatable bonds is 3. The second-order valence-electron chi connectivity index (χ2n) is 5.52. The molecule has 1 aliphatic rings. The minimum Gasteiger partial charge on any atom is -0.494 e. The van der Waals surface area contributed by atoms with E-state index < -0.39 is 23.7 Å². The smallest absolute Gasteiger partial charge is 0.312 e. The van der Waals surface area contributed by atoms with Crippen molar-refractivity contribution in [2.24, 2.45) is 0 Å². The summed E-state index contributed by atoms with van der Waals surface area (Å²) < 4.78 is 23.9. The summed E-state index contributed by atoms with van der Waals surface area (Å²) in [5.74, 6) is -1.69. The number of amides is 2. The largest absolute Gasteiger partial charge is 0.494 e. The highest BCUT2D eigenvalue weighted by Gasteiger charge is 2.27. The van der Waals surface area contributed by atoms with E-state index in [4.69, 9.17) is 9.47 Å². The van der Waals surface area contributed by atoms with Gasteiger partial charge in [0.1, 0.15) is 0 Å². The van der Waals surface area contributed by atoms with Crippen LogP contribution in [0.2, 0.25) is 0 Å². The molecule has 0 bridgehead atoms. The predicted octanol–water partition coefficient (Wildman–Crippen LogP) is 1.26. The van der Waals surface area contributed by atoms with Crippen LogP contribution in [0, 0.1) is 5.82 Å². The van der Waals surface area contributed by atoms with Crippen LogP contribution < -0.4 is 10.1 Å². The summed E-state index contributed by atoms with van der Waals surface area (Å²) in [4.78, 5) is 25.7. The van der Waals surface area contributed by atoms with Crippen molar-refractivity contribution in [3.8, 4) is 5.75 Å². The fourth-order valence-electron chi connectivity index (χ4n) is 2.44. The summed E-state index contributed by atoms with van der Waals surface area (Å²) >= 11 is 0. The van der Waals surface area contributed by atoms with Gasteiger partial charge in [-0.2, -0.15) is 0 Å². The third-order valence-corrected chi connectivity index (χ3v) is 3.75. The van der Waals surface area contributed by atoms with Crippen molar-refractivity contribution in [3.63, 3.8) is 0 Å². The van der Waals surface area contributed by atoms with Gasteiger partial charge in [0.2, 0.25) is 0 Å². The van der Waals surface area contributed by atoms with Crippen LogP contribution in [0.15, 0.2) is 18.2 Å². The van der Waals surface area contributed by atoms with E-state index in [-0.39, 0.29) is 11.9 Å². The van der Waals surface area contributed by atoms with E-state index in [9.17, 15) is 14.0 Å². The van der Waals surface area contributed by atoms with E-state index in [0.717, 1.165) is 0 Å². The first-order chi connectivity index (χ1) is 10.9. The number of nitrogens with one attached hydrogen (secondary N) is 1. The number of ether oxygens (including phenoxy) is 2. The summed E-state index contributed by atoms with van der Waals surface area (Å²) in [6.45, 7) is 4.73. The van der Waals surface area contributed by atoms with Gasteiger partial charge < -0.3 is 19.7 Å². The highest BCUT2D eigenvalue weighted by atomic mass is 19.1. The Kier molecular flexibility index (Phi) is 5.54. The molecule has 2 atom stereocenters. The number of morpholine rings is 1. The zero-order valence-electron chi connectivity index (χ0n) is 13.5. The molecule has 7 heteroatoms.